The summed E-state index contributed by atoms with van der Waals surface area (Å²) in [4.78, 5) is 13.5. The minimum Gasteiger partial charge on any atom is -0.392 e. The zero-order chi connectivity index (χ0) is 12.8. The van der Waals surface area contributed by atoms with E-state index in [1.165, 1.54) is 0 Å². The van der Waals surface area contributed by atoms with Gasteiger partial charge >= 0.3 is 0 Å². The molecule has 0 heterocycles. The van der Waals surface area contributed by atoms with Crippen LogP contribution in [0.4, 0.5) is 0 Å². The molecule has 0 saturated carbocycles. The van der Waals surface area contributed by atoms with Gasteiger partial charge in [-0.1, -0.05) is 30.3 Å². The average Bonchev–Trinajstić information content (AvgIpc) is 2.28. The zero-order valence-corrected chi connectivity index (χ0v) is 10.3. The Morgan fingerprint density at radius 3 is 2.41 bits per heavy atom. The largest absolute Gasteiger partial charge is 0.392 e. The molecule has 1 aromatic rings. The monoisotopic (exact) mass is 236 g/mol. The van der Waals surface area contributed by atoms with E-state index >= 15 is 0 Å². The van der Waals surface area contributed by atoms with Crippen LogP contribution in [-0.2, 0) is 11.3 Å². The standard InChI is InChI=1S/C13H20N2O2/c1-10(16)8-15(13(17)11(2)14)9-12-6-4-3-5-7-12/h3-7,10-11,16H,8-9,14H2,1-2H3/t10-,11+/m1/s1. The number of aliphatic hydroxyl groups is 1. The van der Waals surface area contributed by atoms with Crippen LogP contribution in [0.5, 0.6) is 0 Å². The third-order valence-electron chi connectivity index (χ3n) is 2.40. The number of amides is 1. The van der Waals surface area contributed by atoms with Gasteiger partial charge in [-0.05, 0) is 19.4 Å². The van der Waals surface area contributed by atoms with Crippen molar-refractivity contribution in [2.45, 2.75) is 32.5 Å². The van der Waals surface area contributed by atoms with E-state index in [-0.39, 0.29) is 5.91 Å². The molecule has 0 aliphatic carbocycles. The van der Waals surface area contributed by atoms with Gasteiger partial charge in [-0.3, -0.25) is 4.79 Å². The van der Waals surface area contributed by atoms with Gasteiger partial charge < -0.3 is 15.7 Å². The molecule has 1 rings (SSSR count). The van der Waals surface area contributed by atoms with Crippen molar-refractivity contribution in [3.05, 3.63) is 35.9 Å². The Labute approximate surface area is 102 Å². The van der Waals surface area contributed by atoms with E-state index in [0.717, 1.165) is 5.56 Å². The fraction of sp³-hybridized carbons (Fsp3) is 0.462. The van der Waals surface area contributed by atoms with Gasteiger partial charge in [0.05, 0.1) is 12.1 Å². The topological polar surface area (TPSA) is 66.6 Å². The summed E-state index contributed by atoms with van der Waals surface area (Å²) in [7, 11) is 0. The van der Waals surface area contributed by atoms with Crippen molar-refractivity contribution < 1.29 is 9.90 Å². The van der Waals surface area contributed by atoms with Crippen LogP contribution in [0.15, 0.2) is 30.3 Å². The lowest BCUT2D eigenvalue weighted by Crippen LogP contribution is -2.44. The van der Waals surface area contributed by atoms with Crippen molar-refractivity contribution in [3.8, 4) is 0 Å². The molecule has 0 aromatic heterocycles. The lowest BCUT2D eigenvalue weighted by molar-refractivity contribution is -0.134. The van der Waals surface area contributed by atoms with Gasteiger partial charge in [0, 0.05) is 13.1 Å². The highest BCUT2D eigenvalue weighted by Crippen LogP contribution is 2.06. The number of rotatable bonds is 5. The molecule has 1 amide bonds. The summed E-state index contributed by atoms with van der Waals surface area (Å²) >= 11 is 0. The molecule has 4 heteroatoms. The van der Waals surface area contributed by atoms with Crippen molar-refractivity contribution in [2.75, 3.05) is 6.54 Å². The van der Waals surface area contributed by atoms with Crippen molar-refractivity contribution in [1.29, 1.82) is 0 Å². The molecule has 2 atom stereocenters. The second kappa shape index (κ2) is 6.37. The van der Waals surface area contributed by atoms with Crippen molar-refractivity contribution in [1.82, 2.24) is 4.90 Å². The molecule has 94 valence electrons. The van der Waals surface area contributed by atoms with E-state index in [2.05, 4.69) is 0 Å². The smallest absolute Gasteiger partial charge is 0.239 e. The predicted molar refractivity (Wildman–Crippen MR) is 67.2 cm³/mol. The van der Waals surface area contributed by atoms with Gasteiger partial charge in [0.2, 0.25) is 5.91 Å². The van der Waals surface area contributed by atoms with E-state index in [1.807, 2.05) is 30.3 Å². The SMILES string of the molecule is C[C@H](N)C(=O)N(Cc1ccccc1)C[C@@H](C)O. The Morgan fingerprint density at radius 1 is 1.35 bits per heavy atom. The van der Waals surface area contributed by atoms with E-state index in [4.69, 9.17) is 5.73 Å². The predicted octanol–water partition coefficient (Wildman–Crippen LogP) is 0.743. The number of carbonyl (C=O) groups is 1. The summed E-state index contributed by atoms with van der Waals surface area (Å²) in [5.74, 6) is -0.144. The zero-order valence-electron chi connectivity index (χ0n) is 10.3. The average molecular weight is 236 g/mol. The quantitative estimate of drug-likeness (QED) is 0.792. The van der Waals surface area contributed by atoms with Crippen LogP contribution < -0.4 is 5.73 Å². The van der Waals surface area contributed by atoms with E-state index in [1.54, 1.807) is 18.7 Å². The summed E-state index contributed by atoms with van der Waals surface area (Å²) in [6.45, 7) is 4.09. The number of nitrogens with zero attached hydrogens (tertiary/aromatic N) is 1. The molecule has 0 fully saturated rings. The Balaban J connectivity index is 2.74. The van der Waals surface area contributed by atoms with E-state index in [9.17, 15) is 9.90 Å². The van der Waals surface area contributed by atoms with Crippen molar-refractivity contribution in [3.63, 3.8) is 0 Å². The van der Waals surface area contributed by atoms with Crippen LogP contribution in [0.25, 0.3) is 0 Å². The van der Waals surface area contributed by atoms with Gasteiger partial charge in [0.15, 0.2) is 0 Å². The number of hydrogen-bond acceptors (Lipinski definition) is 3. The Kier molecular flexibility index (Phi) is 5.12. The maximum absolute atomic E-state index is 11.9. The van der Waals surface area contributed by atoms with Crippen LogP contribution in [0.2, 0.25) is 0 Å². The number of carbonyl (C=O) groups excluding carboxylic acids is 1. The summed E-state index contributed by atoms with van der Waals surface area (Å²) in [5, 5.41) is 9.40. The molecule has 0 aliphatic rings. The van der Waals surface area contributed by atoms with Gasteiger partial charge in [-0.25, -0.2) is 0 Å². The van der Waals surface area contributed by atoms with Gasteiger partial charge in [0.25, 0.3) is 0 Å². The van der Waals surface area contributed by atoms with Crippen LogP contribution in [-0.4, -0.2) is 34.6 Å². The highest BCUT2D eigenvalue weighted by Gasteiger charge is 2.18. The van der Waals surface area contributed by atoms with Crippen LogP contribution in [0, 0.1) is 0 Å². The summed E-state index contributed by atoms with van der Waals surface area (Å²) in [6, 6.07) is 9.12. The third-order valence-corrected chi connectivity index (χ3v) is 2.40. The summed E-state index contributed by atoms with van der Waals surface area (Å²) < 4.78 is 0. The minimum absolute atomic E-state index is 0.144. The lowest BCUT2D eigenvalue weighted by atomic mass is 10.2. The highest BCUT2D eigenvalue weighted by atomic mass is 16.3. The normalized spacial score (nSPS) is 14.1. The number of aliphatic hydroxyl groups excluding tert-OH is 1. The van der Waals surface area contributed by atoms with Gasteiger partial charge in [-0.2, -0.15) is 0 Å². The highest BCUT2D eigenvalue weighted by molar-refractivity contribution is 5.81. The summed E-state index contributed by atoms with van der Waals surface area (Å²) in [6.07, 6.45) is -0.554. The molecule has 17 heavy (non-hydrogen) atoms. The van der Waals surface area contributed by atoms with Crippen LogP contribution >= 0.6 is 0 Å². The van der Waals surface area contributed by atoms with Crippen LogP contribution in [0.3, 0.4) is 0 Å². The van der Waals surface area contributed by atoms with Crippen molar-refractivity contribution >= 4 is 5.91 Å². The Bertz CT molecular complexity index is 350. The first-order chi connectivity index (χ1) is 8.00. The van der Waals surface area contributed by atoms with Crippen LogP contribution in [0.1, 0.15) is 19.4 Å². The fourth-order valence-electron chi connectivity index (χ4n) is 1.64. The number of hydrogen-bond donors (Lipinski definition) is 2. The Morgan fingerprint density at radius 2 is 1.94 bits per heavy atom. The molecule has 0 unspecified atom stereocenters. The molecule has 1 aromatic carbocycles. The second-order valence-corrected chi connectivity index (χ2v) is 4.34. The molecule has 0 radical (unpaired) electrons. The maximum atomic E-state index is 11.9. The molecule has 3 N–H and O–H groups in total. The second-order valence-electron chi connectivity index (χ2n) is 4.34. The number of nitrogens with two attached hydrogens (primary N) is 1. The van der Waals surface area contributed by atoms with Gasteiger partial charge in [0.1, 0.15) is 0 Å². The molecule has 0 bridgehead atoms. The minimum atomic E-state index is -0.554. The first-order valence-corrected chi connectivity index (χ1v) is 5.77. The third kappa shape index (κ3) is 4.54. The molecular weight excluding hydrogens is 216 g/mol. The first kappa shape index (κ1) is 13.7. The lowest BCUT2D eigenvalue weighted by Gasteiger charge is -2.25. The molecule has 4 nitrogen and oxygen atoms in total. The van der Waals surface area contributed by atoms with E-state index in [0.29, 0.717) is 13.1 Å². The molecule has 0 aliphatic heterocycles. The van der Waals surface area contributed by atoms with Crippen molar-refractivity contribution in [2.24, 2.45) is 5.73 Å². The summed E-state index contributed by atoms with van der Waals surface area (Å²) in [5.41, 5.74) is 6.62. The molecule has 0 spiro atoms. The molecule has 0 saturated heterocycles. The first-order valence-electron chi connectivity index (χ1n) is 5.77. The van der Waals surface area contributed by atoms with Gasteiger partial charge in [-0.15, -0.1) is 0 Å². The Hall–Kier alpha value is -1.39. The van der Waals surface area contributed by atoms with E-state index < -0.39 is 12.1 Å². The fourth-order valence-corrected chi connectivity index (χ4v) is 1.64. The number of benzene rings is 1. The molecular formula is C13H20N2O2. The maximum Gasteiger partial charge on any atom is 0.239 e.